The number of halogens is 1. The second kappa shape index (κ2) is 5.03. The number of anilines is 1. The molecule has 0 saturated heterocycles. The van der Waals surface area contributed by atoms with E-state index in [1.165, 1.54) is 11.3 Å². The maximum atomic E-state index is 12.3. The first kappa shape index (κ1) is 13.6. The summed E-state index contributed by atoms with van der Waals surface area (Å²) in [6.07, 6.45) is 0. The maximum absolute atomic E-state index is 12.3. The average molecular weight is 346 g/mol. The van der Waals surface area contributed by atoms with Gasteiger partial charge in [-0.1, -0.05) is 12.1 Å². The standard InChI is InChI=1S/C12H12BrNO2S2/c1-8-7-12(9(2)17-8)18(15,16)14-11-6-4-3-5-10(11)13/h3-7,14H,1-2H3. The molecule has 0 saturated carbocycles. The molecule has 1 heterocycles. The lowest BCUT2D eigenvalue weighted by molar-refractivity contribution is 0.601. The molecular formula is C12H12BrNO2S2. The molecule has 0 unspecified atom stereocenters. The van der Waals surface area contributed by atoms with Crippen LogP contribution >= 0.6 is 27.3 Å². The van der Waals surface area contributed by atoms with Crippen LogP contribution in [0.1, 0.15) is 9.75 Å². The first-order chi connectivity index (χ1) is 8.40. The van der Waals surface area contributed by atoms with Crippen LogP contribution in [0.15, 0.2) is 39.7 Å². The van der Waals surface area contributed by atoms with E-state index in [0.29, 0.717) is 10.6 Å². The van der Waals surface area contributed by atoms with Crippen LogP contribution in [0.4, 0.5) is 5.69 Å². The number of para-hydroxylation sites is 1. The lowest BCUT2D eigenvalue weighted by Gasteiger charge is -2.09. The lowest BCUT2D eigenvalue weighted by Crippen LogP contribution is -2.13. The van der Waals surface area contributed by atoms with E-state index in [0.717, 1.165) is 14.2 Å². The Hall–Kier alpha value is -0.850. The van der Waals surface area contributed by atoms with E-state index in [1.807, 2.05) is 19.9 Å². The van der Waals surface area contributed by atoms with Crippen molar-refractivity contribution in [2.75, 3.05) is 4.72 Å². The van der Waals surface area contributed by atoms with Crippen molar-refractivity contribution in [3.8, 4) is 0 Å². The minimum Gasteiger partial charge on any atom is -0.278 e. The number of sulfonamides is 1. The van der Waals surface area contributed by atoms with Crippen LogP contribution in [-0.2, 0) is 10.0 Å². The van der Waals surface area contributed by atoms with Crippen molar-refractivity contribution in [3.63, 3.8) is 0 Å². The molecule has 0 aliphatic rings. The molecule has 18 heavy (non-hydrogen) atoms. The van der Waals surface area contributed by atoms with Gasteiger partial charge in [-0.15, -0.1) is 11.3 Å². The second-order valence-corrected chi connectivity index (χ2v) is 7.83. The third kappa shape index (κ3) is 2.76. The van der Waals surface area contributed by atoms with Crippen molar-refractivity contribution in [1.82, 2.24) is 0 Å². The average Bonchev–Trinajstić information content (AvgIpc) is 2.62. The molecule has 1 aromatic carbocycles. The molecule has 1 N–H and O–H groups in total. The van der Waals surface area contributed by atoms with Crippen molar-refractivity contribution in [1.29, 1.82) is 0 Å². The number of thiophene rings is 1. The molecule has 0 aliphatic heterocycles. The van der Waals surface area contributed by atoms with Gasteiger partial charge in [0.2, 0.25) is 0 Å². The van der Waals surface area contributed by atoms with Gasteiger partial charge in [-0.25, -0.2) is 8.42 Å². The Bertz CT molecular complexity index is 677. The third-order valence-electron chi connectivity index (χ3n) is 2.40. The summed E-state index contributed by atoms with van der Waals surface area (Å²) in [7, 11) is -3.52. The van der Waals surface area contributed by atoms with Crippen molar-refractivity contribution in [3.05, 3.63) is 44.6 Å². The molecule has 0 amide bonds. The van der Waals surface area contributed by atoms with Crippen molar-refractivity contribution in [2.24, 2.45) is 0 Å². The fourth-order valence-corrected chi connectivity index (χ4v) is 4.77. The Balaban J connectivity index is 2.40. The van der Waals surface area contributed by atoms with Crippen LogP contribution in [0.3, 0.4) is 0 Å². The summed E-state index contributed by atoms with van der Waals surface area (Å²) >= 11 is 4.80. The minimum absolute atomic E-state index is 0.348. The van der Waals surface area contributed by atoms with Gasteiger partial charge >= 0.3 is 0 Å². The summed E-state index contributed by atoms with van der Waals surface area (Å²) in [6, 6.07) is 8.83. The largest absolute Gasteiger partial charge is 0.278 e. The number of hydrogen-bond donors (Lipinski definition) is 1. The molecule has 96 valence electrons. The fourth-order valence-electron chi connectivity index (χ4n) is 1.62. The molecule has 0 atom stereocenters. The number of nitrogens with one attached hydrogen (secondary N) is 1. The quantitative estimate of drug-likeness (QED) is 0.915. The molecule has 2 rings (SSSR count). The predicted octanol–water partition coefficient (Wildman–Crippen LogP) is 3.93. The zero-order chi connectivity index (χ0) is 13.3. The van der Waals surface area contributed by atoms with Gasteiger partial charge in [-0.3, -0.25) is 4.72 Å². The maximum Gasteiger partial charge on any atom is 0.263 e. The number of rotatable bonds is 3. The van der Waals surface area contributed by atoms with Gasteiger partial charge in [0.15, 0.2) is 0 Å². The first-order valence-corrected chi connectivity index (χ1v) is 8.34. The van der Waals surface area contributed by atoms with E-state index >= 15 is 0 Å². The zero-order valence-electron chi connectivity index (χ0n) is 9.90. The van der Waals surface area contributed by atoms with Crippen LogP contribution in [0.5, 0.6) is 0 Å². The Kier molecular flexibility index (Phi) is 3.79. The number of benzene rings is 1. The smallest absolute Gasteiger partial charge is 0.263 e. The highest BCUT2D eigenvalue weighted by atomic mass is 79.9. The van der Waals surface area contributed by atoms with Gasteiger partial charge in [0.1, 0.15) is 4.90 Å². The molecule has 2 aromatic rings. The highest BCUT2D eigenvalue weighted by Gasteiger charge is 2.19. The highest BCUT2D eigenvalue weighted by Crippen LogP contribution is 2.29. The Morgan fingerprint density at radius 3 is 2.44 bits per heavy atom. The van der Waals surface area contributed by atoms with Crippen LogP contribution in [0.25, 0.3) is 0 Å². The summed E-state index contributed by atoms with van der Waals surface area (Å²) in [6.45, 7) is 3.71. The highest BCUT2D eigenvalue weighted by molar-refractivity contribution is 9.10. The van der Waals surface area contributed by atoms with E-state index in [-0.39, 0.29) is 0 Å². The van der Waals surface area contributed by atoms with E-state index < -0.39 is 10.0 Å². The van der Waals surface area contributed by atoms with E-state index in [9.17, 15) is 8.42 Å². The summed E-state index contributed by atoms with van der Waals surface area (Å²) in [5, 5.41) is 0. The molecule has 0 spiro atoms. The normalized spacial score (nSPS) is 11.5. The van der Waals surface area contributed by atoms with Crippen molar-refractivity contribution < 1.29 is 8.42 Å². The van der Waals surface area contributed by atoms with Crippen LogP contribution in [-0.4, -0.2) is 8.42 Å². The Morgan fingerprint density at radius 2 is 1.89 bits per heavy atom. The van der Waals surface area contributed by atoms with Gasteiger partial charge in [0, 0.05) is 14.2 Å². The van der Waals surface area contributed by atoms with Gasteiger partial charge in [-0.05, 0) is 48.0 Å². The number of aryl methyl sites for hydroxylation is 2. The molecule has 3 nitrogen and oxygen atoms in total. The summed E-state index contributed by atoms with van der Waals surface area (Å²) in [5.41, 5.74) is 0.542. The SMILES string of the molecule is Cc1cc(S(=O)(=O)Nc2ccccc2Br)c(C)s1. The fraction of sp³-hybridized carbons (Fsp3) is 0.167. The molecule has 0 aliphatic carbocycles. The number of hydrogen-bond acceptors (Lipinski definition) is 3. The summed E-state index contributed by atoms with van der Waals surface area (Å²) in [5.74, 6) is 0. The van der Waals surface area contributed by atoms with Gasteiger partial charge < -0.3 is 0 Å². The molecule has 0 radical (unpaired) electrons. The molecule has 1 aromatic heterocycles. The third-order valence-corrected chi connectivity index (χ3v) is 5.68. The van der Waals surface area contributed by atoms with Gasteiger partial charge in [-0.2, -0.15) is 0 Å². The van der Waals surface area contributed by atoms with E-state index in [4.69, 9.17) is 0 Å². The first-order valence-electron chi connectivity index (χ1n) is 5.24. The molecule has 0 bridgehead atoms. The van der Waals surface area contributed by atoms with Gasteiger partial charge in [0.05, 0.1) is 5.69 Å². The Labute approximate surface area is 119 Å². The zero-order valence-corrected chi connectivity index (χ0v) is 13.1. The van der Waals surface area contributed by atoms with Crippen LogP contribution in [0, 0.1) is 13.8 Å². The molecular weight excluding hydrogens is 334 g/mol. The van der Waals surface area contributed by atoms with Crippen LogP contribution in [0.2, 0.25) is 0 Å². The summed E-state index contributed by atoms with van der Waals surface area (Å²) < 4.78 is 27.8. The van der Waals surface area contributed by atoms with E-state index in [1.54, 1.807) is 24.3 Å². The molecule has 6 heteroatoms. The topological polar surface area (TPSA) is 46.2 Å². The predicted molar refractivity (Wildman–Crippen MR) is 78.7 cm³/mol. The lowest BCUT2D eigenvalue weighted by atomic mass is 10.3. The van der Waals surface area contributed by atoms with Crippen molar-refractivity contribution >= 4 is 43.0 Å². The molecule has 0 fully saturated rings. The minimum atomic E-state index is -3.52. The monoisotopic (exact) mass is 345 g/mol. The van der Waals surface area contributed by atoms with Crippen LogP contribution < -0.4 is 4.72 Å². The second-order valence-electron chi connectivity index (χ2n) is 3.86. The Morgan fingerprint density at radius 1 is 1.22 bits per heavy atom. The van der Waals surface area contributed by atoms with Gasteiger partial charge in [0.25, 0.3) is 10.0 Å². The summed E-state index contributed by atoms with van der Waals surface area (Å²) in [4.78, 5) is 2.13. The van der Waals surface area contributed by atoms with Crippen molar-refractivity contribution in [2.45, 2.75) is 18.7 Å². The van der Waals surface area contributed by atoms with E-state index in [2.05, 4.69) is 20.7 Å².